The van der Waals surface area contributed by atoms with Gasteiger partial charge in [-0.1, -0.05) is 153 Å². The van der Waals surface area contributed by atoms with Crippen molar-refractivity contribution in [2.75, 3.05) is 26.4 Å². The van der Waals surface area contributed by atoms with Crippen LogP contribution >= 0.6 is 0 Å². The maximum absolute atomic E-state index is 6.14. The minimum absolute atomic E-state index is 0. The number of benzene rings is 10. The fraction of sp³-hybridized carbons (Fsp3) is 0.104. The molecule has 10 aromatic rings. The molecule has 0 atom stereocenters. The first kappa shape index (κ1) is 41.4. The predicted octanol–water partition coefficient (Wildman–Crippen LogP) is 15.6. The molecule has 4 aliphatic heterocycles. The summed E-state index contributed by atoms with van der Waals surface area (Å²) in [4.78, 5) is 0. The number of hydrogen-bond acceptors (Lipinski definition) is 4. The van der Waals surface area contributed by atoms with Gasteiger partial charge in [-0.05, 0) is 160 Å². The Bertz CT molecular complexity index is 3510. The van der Waals surface area contributed by atoms with Crippen molar-refractivity contribution < 1.29 is 18.9 Å². The molecule has 0 fully saturated rings. The molecule has 340 valence electrons. The summed E-state index contributed by atoms with van der Waals surface area (Å²) in [6.45, 7) is 2.32. The van der Waals surface area contributed by atoms with Crippen LogP contribution in [0.1, 0.15) is 74.2 Å². The molecule has 10 aromatic carbocycles. The van der Waals surface area contributed by atoms with Crippen molar-refractivity contribution in [3.8, 4) is 23.0 Å². The summed E-state index contributed by atoms with van der Waals surface area (Å²) < 4.78 is 24.5. The number of ether oxygens (including phenoxy) is 4. The van der Waals surface area contributed by atoms with Gasteiger partial charge in [0.25, 0.3) is 0 Å². The second-order valence-corrected chi connectivity index (χ2v) is 19.1. The Hall–Kier alpha value is -8.60. The largest absolute Gasteiger partial charge is 0.489 e. The van der Waals surface area contributed by atoms with E-state index < -0.39 is 10.8 Å². The van der Waals surface area contributed by atoms with Gasteiger partial charge < -0.3 is 18.9 Å². The van der Waals surface area contributed by atoms with E-state index in [4.69, 9.17) is 18.9 Å². The van der Waals surface area contributed by atoms with Crippen LogP contribution in [0.4, 0.5) is 0 Å². The molecular formula is C67H48O4. The first-order chi connectivity index (χ1) is 34.7. The van der Waals surface area contributed by atoms with Gasteiger partial charge in [0.15, 0.2) is 0 Å². The average molecular weight is 917 g/mol. The summed E-state index contributed by atoms with van der Waals surface area (Å²) in [5, 5.41) is 9.37. The molecule has 0 N–H and O–H groups in total. The van der Waals surface area contributed by atoms with Gasteiger partial charge >= 0.3 is 0 Å². The lowest BCUT2D eigenvalue weighted by atomic mass is 9.50. The molecule has 5 aliphatic rings. The Balaban J connectivity index is 0.00000470. The molecule has 0 amide bonds. The van der Waals surface area contributed by atoms with Gasteiger partial charge in [-0.15, -0.1) is 0 Å². The molecule has 1 aliphatic carbocycles. The van der Waals surface area contributed by atoms with Crippen molar-refractivity contribution >= 4 is 67.4 Å². The third kappa shape index (κ3) is 5.79. The molecule has 4 nitrogen and oxygen atoms in total. The molecule has 4 heteroatoms. The Morgan fingerprint density at radius 3 is 0.789 bits per heavy atom. The zero-order valence-corrected chi connectivity index (χ0v) is 38.2. The normalized spacial score (nSPS) is 16.0. The van der Waals surface area contributed by atoms with Gasteiger partial charge in [0.2, 0.25) is 0 Å². The van der Waals surface area contributed by atoms with E-state index in [-0.39, 0.29) is 7.43 Å². The smallest absolute Gasteiger partial charge is 0.127 e. The zero-order valence-electron chi connectivity index (χ0n) is 38.2. The van der Waals surface area contributed by atoms with Crippen molar-refractivity contribution in [1.82, 2.24) is 0 Å². The molecule has 0 saturated heterocycles. The van der Waals surface area contributed by atoms with Gasteiger partial charge in [-0.3, -0.25) is 0 Å². The second kappa shape index (κ2) is 15.7. The second-order valence-electron chi connectivity index (χ2n) is 19.1. The fourth-order valence-corrected chi connectivity index (χ4v) is 12.8. The fourth-order valence-electron chi connectivity index (χ4n) is 12.8. The number of hydrogen-bond donors (Lipinski definition) is 0. The van der Waals surface area contributed by atoms with Crippen LogP contribution in [0.15, 0.2) is 194 Å². The lowest BCUT2D eigenvalue weighted by Gasteiger charge is -2.51. The summed E-state index contributed by atoms with van der Waals surface area (Å²) in [6.07, 6.45) is 17.3. The Morgan fingerprint density at radius 2 is 0.535 bits per heavy atom. The highest BCUT2D eigenvalue weighted by Crippen LogP contribution is 2.61. The van der Waals surface area contributed by atoms with Crippen LogP contribution in [0, 0.1) is 0 Å². The van der Waals surface area contributed by atoms with Crippen molar-refractivity contribution in [3.05, 3.63) is 261 Å². The van der Waals surface area contributed by atoms with Crippen LogP contribution < -0.4 is 18.9 Å². The van der Waals surface area contributed by atoms with Crippen LogP contribution in [0.2, 0.25) is 0 Å². The highest BCUT2D eigenvalue weighted by Gasteiger charge is 2.54. The lowest BCUT2D eigenvalue weighted by molar-refractivity contribution is 0.359. The van der Waals surface area contributed by atoms with Crippen LogP contribution in [-0.2, 0) is 10.8 Å². The molecule has 4 heterocycles. The Kier molecular flexibility index (Phi) is 9.16. The molecule has 0 unspecified atom stereocenters. The number of rotatable bonds is 4. The summed E-state index contributed by atoms with van der Waals surface area (Å²) >= 11 is 0. The van der Waals surface area contributed by atoms with Crippen LogP contribution in [0.3, 0.4) is 0 Å². The molecule has 15 rings (SSSR count). The van der Waals surface area contributed by atoms with Crippen LogP contribution in [-0.4, -0.2) is 26.4 Å². The molecular weight excluding hydrogens is 869 g/mol. The van der Waals surface area contributed by atoms with Crippen LogP contribution in [0.5, 0.6) is 23.0 Å². The highest BCUT2D eigenvalue weighted by molar-refractivity contribution is 5.99. The molecule has 0 aromatic heterocycles. The first-order valence-corrected chi connectivity index (χ1v) is 24.3. The molecule has 0 bridgehead atoms. The van der Waals surface area contributed by atoms with Crippen molar-refractivity contribution in [2.45, 2.75) is 18.3 Å². The SMILES string of the molecule is C.C1=Cc2c(ccc3cc(C4(c5ccc6c7c(ccc6c5)OCC=C7)c5ccccc5C(c5ccc6c7c(ccc6c5)OCC=C7)(c5ccc6c7c(ccc6c5)OCC=C7)c5ccccc54)ccc23)OC1. The average Bonchev–Trinajstić information content (AvgIpc) is 3.43. The van der Waals surface area contributed by atoms with E-state index in [1.165, 1.54) is 87.6 Å². The predicted molar refractivity (Wildman–Crippen MR) is 291 cm³/mol. The maximum atomic E-state index is 6.14. The monoisotopic (exact) mass is 916 g/mol. The Labute approximate surface area is 413 Å². The van der Waals surface area contributed by atoms with Gasteiger partial charge in [0, 0.05) is 22.3 Å². The van der Waals surface area contributed by atoms with Gasteiger partial charge in [0.1, 0.15) is 49.4 Å². The van der Waals surface area contributed by atoms with E-state index in [0.29, 0.717) is 26.4 Å². The lowest BCUT2D eigenvalue weighted by Crippen LogP contribution is -2.45. The third-order valence-corrected chi connectivity index (χ3v) is 15.8. The summed E-state index contributed by atoms with van der Waals surface area (Å²) in [5.74, 6) is 3.69. The van der Waals surface area contributed by atoms with E-state index in [1.54, 1.807) is 0 Å². The van der Waals surface area contributed by atoms with Gasteiger partial charge in [0.05, 0.1) is 10.8 Å². The van der Waals surface area contributed by atoms with Crippen molar-refractivity contribution in [1.29, 1.82) is 0 Å². The summed E-state index contributed by atoms with van der Waals surface area (Å²) in [6, 6.07) is 64.6. The first-order valence-electron chi connectivity index (χ1n) is 24.3. The third-order valence-electron chi connectivity index (χ3n) is 15.8. The van der Waals surface area contributed by atoms with Gasteiger partial charge in [-0.2, -0.15) is 0 Å². The summed E-state index contributed by atoms with van der Waals surface area (Å²) in [5.41, 5.74) is 12.7. The maximum Gasteiger partial charge on any atom is 0.127 e. The molecule has 0 radical (unpaired) electrons. The van der Waals surface area contributed by atoms with E-state index >= 15 is 0 Å². The topological polar surface area (TPSA) is 36.9 Å². The van der Waals surface area contributed by atoms with Gasteiger partial charge in [-0.25, -0.2) is 0 Å². The molecule has 0 saturated carbocycles. The van der Waals surface area contributed by atoms with E-state index in [0.717, 1.165) is 45.3 Å². The van der Waals surface area contributed by atoms with Crippen molar-refractivity contribution in [2.24, 2.45) is 0 Å². The summed E-state index contributed by atoms with van der Waals surface area (Å²) in [7, 11) is 0. The molecule has 0 spiro atoms. The quantitative estimate of drug-likeness (QED) is 0.176. The minimum Gasteiger partial charge on any atom is -0.489 e. The molecule has 71 heavy (non-hydrogen) atoms. The van der Waals surface area contributed by atoms with Crippen molar-refractivity contribution in [3.63, 3.8) is 0 Å². The minimum atomic E-state index is -0.764. The number of fused-ring (bicyclic) bond motifs is 14. The van der Waals surface area contributed by atoms with E-state index in [2.05, 4.69) is 218 Å². The van der Waals surface area contributed by atoms with E-state index in [9.17, 15) is 0 Å². The standard InChI is InChI=1S/C66H44O4.CH4/c1-2-14-58-57(13-1)65(45-21-25-49-41(37-45)17-29-61-53(49)9-5-33-67-61,46-22-26-50-42(38-46)18-30-62-54(50)10-6-34-68-62)59-15-3-4-16-60(59)66(58,47-23-27-51-43(39-47)19-31-63-55(51)11-7-35-69-63)48-24-28-52-44(40-48)20-32-64-56(52)12-8-36-70-64;/h1-32,37-40H,33-36H2;1H4. The zero-order chi connectivity index (χ0) is 46.0. The van der Waals surface area contributed by atoms with Crippen LogP contribution in [0.25, 0.3) is 67.4 Å². The van der Waals surface area contributed by atoms with E-state index in [1.807, 2.05) is 0 Å². The Morgan fingerprint density at radius 1 is 0.282 bits per heavy atom. The highest BCUT2D eigenvalue weighted by atomic mass is 16.5.